The highest BCUT2D eigenvalue weighted by Gasteiger charge is 2.10. The number of nitrogens with one attached hydrogen (secondary N) is 1. The molecule has 0 saturated heterocycles. The molecule has 3 nitrogen and oxygen atoms in total. The van der Waals surface area contributed by atoms with Crippen molar-refractivity contribution >= 4 is 5.69 Å². The van der Waals surface area contributed by atoms with Gasteiger partial charge in [0.15, 0.2) is 0 Å². The highest BCUT2D eigenvalue weighted by molar-refractivity contribution is 5.54. The molecule has 1 aromatic rings. The van der Waals surface area contributed by atoms with E-state index >= 15 is 0 Å². The third-order valence-corrected chi connectivity index (χ3v) is 3.71. The first kappa shape index (κ1) is 16.0. The topological polar surface area (TPSA) is 24.5 Å². The summed E-state index contributed by atoms with van der Waals surface area (Å²) < 4.78 is 5.02. The summed E-state index contributed by atoms with van der Waals surface area (Å²) in [4.78, 5) is 2.36. The van der Waals surface area contributed by atoms with E-state index in [1.165, 1.54) is 16.8 Å². The summed E-state index contributed by atoms with van der Waals surface area (Å²) in [7, 11) is 3.90. The Morgan fingerprint density at radius 3 is 2.68 bits per heavy atom. The quantitative estimate of drug-likeness (QED) is 0.731. The largest absolute Gasteiger partial charge is 0.383 e. The average molecular weight is 264 g/mol. The van der Waals surface area contributed by atoms with Gasteiger partial charge < -0.3 is 15.0 Å². The Morgan fingerprint density at radius 2 is 2.11 bits per heavy atom. The first-order valence-electron chi connectivity index (χ1n) is 7.12. The van der Waals surface area contributed by atoms with E-state index in [9.17, 15) is 0 Å². The Balaban J connectivity index is 2.63. The fourth-order valence-corrected chi connectivity index (χ4v) is 2.14. The molecule has 0 spiro atoms. The van der Waals surface area contributed by atoms with Crippen LogP contribution in [-0.4, -0.2) is 33.4 Å². The summed E-state index contributed by atoms with van der Waals surface area (Å²) in [5.74, 6) is 0. The van der Waals surface area contributed by atoms with E-state index in [1.807, 2.05) is 0 Å². The van der Waals surface area contributed by atoms with Crippen LogP contribution in [0.5, 0.6) is 0 Å². The van der Waals surface area contributed by atoms with Crippen LogP contribution in [0.1, 0.15) is 31.4 Å². The zero-order valence-electron chi connectivity index (χ0n) is 13.0. The van der Waals surface area contributed by atoms with Gasteiger partial charge in [-0.2, -0.15) is 0 Å². The molecule has 1 rings (SSSR count). The lowest BCUT2D eigenvalue weighted by atomic mass is 10.1. The van der Waals surface area contributed by atoms with Gasteiger partial charge in [-0.25, -0.2) is 0 Å². The van der Waals surface area contributed by atoms with Crippen molar-refractivity contribution in [2.24, 2.45) is 0 Å². The third kappa shape index (κ3) is 4.84. The highest BCUT2D eigenvalue weighted by atomic mass is 16.5. The molecule has 0 bridgehead atoms. The molecular weight excluding hydrogens is 236 g/mol. The van der Waals surface area contributed by atoms with Crippen LogP contribution in [0.3, 0.4) is 0 Å². The Bertz CT molecular complexity index is 379. The minimum atomic E-state index is 0.573. The smallest absolute Gasteiger partial charge is 0.0587 e. The summed E-state index contributed by atoms with van der Waals surface area (Å²) in [6.45, 7) is 9.23. The Kier molecular flexibility index (Phi) is 6.89. The van der Waals surface area contributed by atoms with Crippen molar-refractivity contribution < 1.29 is 4.74 Å². The number of hydrogen-bond acceptors (Lipinski definition) is 3. The molecule has 1 atom stereocenters. The molecule has 0 aromatic heterocycles. The van der Waals surface area contributed by atoms with E-state index in [-0.39, 0.29) is 0 Å². The molecule has 108 valence electrons. The summed E-state index contributed by atoms with van der Waals surface area (Å²) in [5.41, 5.74) is 4.00. The summed E-state index contributed by atoms with van der Waals surface area (Å²) in [5, 5.41) is 3.37. The first-order chi connectivity index (χ1) is 9.10. The summed E-state index contributed by atoms with van der Waals surface area (Å²) in [6.07, 6.45) is 1.16. The Morgan fingerprint density at radius 1 is 1.37 bits per heavy atom. The van der Waals surface area contributed by atoms with Gasteiger partial charge in [-0.3, -0.25) is 0 Å². The maximum atomic E-state index is 5.02. The van der Waals surface area contributed by atoms with E-state index in [0.717, 1.165) is 26.1 Å². The van der Waals surface area contributed by atoms with Crippen molar-refractivity contribution in [1.29, 1.82) is 0 Å². The van der Waals surface area contributed by atoms with Gasteiger partial charge in [0.05, 0.1) is 6.61 Å². The van der Waals surface area contributed by atoms with Crippen LogP contribution in [-0.2, 0) is 11.3 Å². The molecule has 0 fully saturated rings. The van der Waals surface area contributed by atoms with Crippen molar-refractivity contribution in [2.75, 3.05) is 32.2 Å². The van der Waals surface area contributed by atoms with Gasteiger partial charge in [0.1, 0.15) is 0 Å². The lowest BCUT2D eigenvalue weighted by Gasteiger charge is -2.28. The number of hydrogen-bond donors (Lipinski definition) is 1. The molecule has 1 N–H and O–H groups in total. The van der Waals surface area contributed by atoms with E-state index in [2.05, 4.69) is 56.2 Å². The van der Waals surface area contributed by atoms with Crippen molar-refractivity contribution in [3.8, 4) is 0 Å². The van der Waals surface area contributed by atoms with Crippen molar-refractivity contribution in [3.63, 3.8) is 0 Å². The van der Waals surface area contributed by atoms with Crippen LogP contribution < -0.4 is 10.2 Å². The molecule has 0 aliphatic heterocycles. The highest BCUT2D eigenvalue weighted by Crippen LogP contribution is 2.22. The van der Waals surface area contributed by atoms with E-state index < -0.39 is 0 Å². The van der Waals surface area contributed by atoms with Gasteiger partial charge in [0.2, 0.25) is 0 Å². The molecule has 0 aliphatic carbocycles. The maximum absolute atomic E-state index is 5.02. The SMILES string of the molecule is CCC(C)N(C)c1ccc(CNCCOC)cc1C. The summed E-state index contributed by atoms with van der Waals surface area (Å²) >= 11 is 0. The second-order valence-electron chi connectivity index (χ2n) is 5.16. The van der Waals surface area contributed by atoms with Crippen LogP contribution in [0.4, 0.5) is 5.69 Å². The molecule has 1 aromatic carbocycles. The molecule has 0 aliphatic rings. The zero-order chi connectivity index (χ0) is 14.3. The predicted octanol–water partition coefficient (Wildman–Crippen LogP) is 2.97. The normalized spacial score (nSPS) is 12.5. The third-order valence-electron chi connectivity index (χ3n) is 3.71. The van der Waals surface area contributed by atoms with Crippen LogP contribution >= 0.6 is 0 Å². The van der Waals surface area contributed by atoms with Crippen LogP contribution in [0.15, 0.2) is 18.2 Å². The lowest BCUT2D eigenvalue weighted by molar-refractivity contribution is 0.199. The monoisotopic (exact) mass is 264 g/mol. The Hall–Kier alpha value is -1.06. The first-order valence-corrected chi connectivity index (χ1v) is 7.12. The number of ether oxygens (including phenoxy) is 1. The van der Waals surface area contributed by atoms with E-state index in [4.69, 9.17) is 4.74 Å². The summed E-state index contributed by atoms with van der Waals surface area (Å²) in [6, 6.07) is 7.29. The number of rotatable bonds is 8. The standard InChI is InChI=1S/C16H28N2O/c1-6-14(3)18(4)16-8-7-15(11-13(16)2)12-17-9-10-19-5/h7-8,11,14,17H,6,9-10,12H2,1-5H3. The second kappa shape index (κ2) is 8.18. The Labute approximate surface area is 118 Å². The van der Waals surface area contributed by atoms with Crippen molar-refractivity contribution in [2.45, 2.75) is 39.8 Å². The lowest BCUT2D eigenvalue weighted by Crippen LogP contribution is -2.28. The molecular formula is C16H28N2O. The molecule has 0 saturated carbocycles. The number of nitrogens with zero attached hydrogens (tertiary/aromatic N) is 1. The molecule has 0 radical (unpaired) electrons. The molecule has 0 heterocycles. The minimum Gasteiger partial charge on any atom is -0.383 e. The van der Waals surface area contributed by atoms with Gasteiger partial charge in [-0.05, 0) is 37.5 Å². The van der Waals surface area contributed by atoms with Crippen LogP contribution in [0, 0.1) is 6.92 Å². The van der Waals surface area contributed by atoms with Crippen LogP contribution in [0.25, 0.3) is 0 Å². The van der Waals surface area contributed by atoms with Crippen molar-refractivity contribution in [1.82, 2.24) is 5.32 Å². The van der Waals surface area contributed by atoms with Gasteiger partial charge in [-0.1, -0.05) is 19.1 Å². The molecule has 3 heteroatoms. The fourth-order valence-electron chi connectivity index (χ4n) is 2.14. The van der Waals surface area contributed by atoms with E-state index in [0.29, 0.717) is 6.04 Å². The van der Waals surface area contributed by atoms with Gasteiger partial charge >= 0.3 is 0 Å². The fraction of sp³-hybridized carbons (Fsp3) is 0.625. The average Bonchev–Trinajstić information content (AvgIpc) is 2.42. The molecule has 19 heavy (non-hydrogen) atoms. The van der Waals surface area contributed by atoms with Gasteiger partial charge in [-0.15, -0.1) is 0 Å². The predicted molar refractivity (Wildman–Crippen MR) is 82.9 cm³/mol. The van der Waals surface area contributed by atoms with Crippen LogP contribution in [0.2, 0.25) is 0 Å². The number of anilines is 1. The molecule has 1 unspecified atom stereocenters. The molecule has 0 amide bonds. The number of methoxy groups -OCH3 is 1. The second-order valence-corrected chi connectivity index (χ2v) is 5.16. The van der Waals surface area contributed by atoms with Gasteiger partial charge in [0, 0.05) is 39.0 Å². The maximum Gasteiger partial charge on any atom is 0.0587 e. The minimum absolute atomic E-state index is 0.573. The van der Waals surface area contributed by atoms with Crippen molar-refractivity contribution in [3.05, 3.63) is 29.3 Å². The zero-order valence-corrected chi connectivity index (χ0v) is 13.0. The van der Waals surface area contributed by atoms with E-state index in [1.54, 1.807) is 7.11 Å². The number of aryl methyl sites for hydroxylation is 1. The van der Waals surface area contributed by atoms with Gasteiger partial charge in [0.25, 0.3) is 0 Å². The number of benzene rings is 1.